The third-order valence-corrected chi connectivity index (χ3v) is 3.65. The first-order valence-electron chi connectivity index (χ1n) is 6.33. The lowest BCUT2D eigenvalue weighted by molar-refractivity contribution is 0.0163. The molecule has 0 amide bonds. The van der Waals surface area contributed by atoms with Gasteiger partial charge in [0, 0.05) is 19.0 Å². The van der Waals surface area contributed by atoms with Crippen molar-refractivity contribution in [1.29, 1.82) is 0 Å². The third-order valence-electron chi connectivity index (χ3n) is 2.90. The summed E-state index contributed by atoms with van der Waals surface area (Å²) in [7, 11) is 0. The molecule has 2 rings (SSSR count). The Morgan fingerprint density at radius 3 is 3.24 bits per heavy atom. The van der Waals surface area contributed by atoms with E-state index in [1.807, 2.05) is 0 Å². The summed E-state index contributed by atoms with van der Waals surface area (Å²) in [4.78, 5) is 0. The molecule has 1 fully saturated rings. The largest absolute Gasteiger partial charge is 0.379 e. The zero-order chi connectivity index (χ0) is 11.8. The first-order chi connectivity index (χ1) is 8.45. The van der Waals surface area contributed by atoms with E-state index in [0.29, 0.717) is 6.10 Å². The second-order valence-electron chi connectivity index (χ2n) is 4.37. The normalized spacial score (nSPS) is 24.0. The summed E-state index contributed by atoms with van der Waals surface area (Å²) in [5, 5.41) is 8.02. The summed E-state index contributed by atoms with van der Waals surface area (Å²) in [5.41, 5.74) is 3.01. The van der Waals surface area contributed by atoms with Crippen molar-refractivity contribution in [1.82, 2.24) is 0 Å². The molecule has 0 aromatic heterocycles. The van der Waals surface area contributed by atoms with Gasteiger partial charge in [0.2, 0.25) is 0 Å². The van der Waals surface area contributed by atoms with E-state index in [-0.39, 0.29) is 0 Å². The minimum absolute atomic E-state index is 0.350. The van der Waals surface area contributed by atoms with Crippen LogP contribution in [0.1, 0.15) is 32.1 Å². The molecule has 0 radical (unpaired) electrons. The molecule has 2 aliphatic heterocycles. The molecule has 17 heavy (non-hydrogen) atoms. The van der Waals surface area contributed by atoms with Crippen LogP contribution in [-0.2, 0) is 9.47 Å². The molecule has 1 atom stereocenters. The summed E-state index contributed by atoms with van der Waals surface area (Å²) >= 11 is 1.72. The Morgan fingerprint density at radius 1 is 1.47 bits per heavy atom. The fourth-order valence-corrected chi connectivity index (χ4v) is 2.53. The molecular formula is C12H20N2O2S. The maximum atomic E-state index is 5.61. The maximum absolute atomic E-state index is 5.61. The second-order valence-corrected chi connectivity index (χ2v) is 5.20. The summed E-state index contributed by atoms with van der Waals surface area (Å²) in [5.74, 6) is 1.00. The minimum Gasteiger partial charge on any atom is -0.379 e. The number of hydrogen-bond acceptors (Lipinski definition) is 5. The molecule has 2 heterocycles. The summed E-state index contributed by atoms with van der Waals surface area (Å²) < 4.78 is 11.1. The third kappa shape index (κ3) is 5.19. The lowest BCUT2D eigenvalue weighted by Crippen LogP contribution is -2.14. The van der Waals surface area contributed by atoms with Gasteiger partial charge in [-0.1, -0.05) is 0 Å². The lowest BCUT2D eigenvalue weighted by Gasteiger charge is -2.10. The van der Waals surface area contributed by atoms with Crippen LogP contribution >= 0.6 is 11.8 Å². The van der Waals surface area contributed by atoms with Crippen molar-refractivity contribution < 1.29 is 9.47 Å². The minimum atomic E-state index is 0.350. The number of nitrogens with zero attached hydrogens (tertiary/aromatic N) is 2. The quantitative estimate of drug-likeness (QED) is 0.657. The van der Waals surface area contributed by atoms with Crippen molar-refractivity contribution in [2.75, 3.05) is 25.6 Å². The fraction of sp³-hybridized carbons (Fsp3) is 0.833. The Labute approximate surface area is 107 Å². The number of unbranched alkanes of at least 4 members (excludes halogenated alkanes) is 1. The van der Waals surface area contributed by atoms with Crippen LogP contribution in [0.4, 0.5) is 0 Å². The van der Waals surface area contributed by atoms with Crippen molar-refractivity contribution >= 4 is 23.0 Å². The van der Waals surface area contributed by atoms with E-state index in [2.05, 4.69) is 10.2 Å². The van der Waals surface area contributed by atoms with E-state index < -0.39 is 0 Å². The van der Waals surface area contributed by atoms with E-state index >= 15 is 0 Å². The van der Waals surface area contributed by atoms with Gasteiger partial charge in [-0.25, -0.2) is 0 Å². The highest BCUT2D eigenvalue weighted by molar-refractivity contribution is 8.12. The standard InChI is InChI=1S/C12H20N2O2S/c1(4-11-9-17-10-13-14-11)2-6-15-8-12-5-3-7-16-12/h10,12H,1-9H2. The van der Waals surface area contributed by atoms with Crippen molar-refractivity contribution in [2.45, 2.75) is 38.2 Å². The van der Waals surface area contributed by atoms with E-state index in [9.17, 15) is 0 Å². The van der Waals surface area contributed by atoms with Gasteiger partial charge in [-0.2, -0.15) is 10.2 Å². The SMILES string of the molecule is C1=NN=C(CCCCOCC2CCCO2)CS1. The molecule has 1 unspecified atom stereocenters. The average molecular weight is 256 g/mol. The smallest absolute Gasteiger partial charge is 0.0828 e. The predicted molar refractivity (Wildman–Crippen MR) is 72.0 cm³/mol. The van der Waals surface area contributed by atoms with Crippen molar-refractivity contribution in [2.24, 2.45) is 10.2 Å². The van der Waals surface area contributed by atoms with Gasteiger partial charge in [0.05, 0.1) is 24.0 Å². The number of hydrogen-bond donors (Lipinski definition) is 0. The van der Waals surface area contributed by atoms with E-state index in [1.165, 1.54) is 12.1 Å². The van der Waals surface area contributed by atoms with Gasteiger partial charge in [-0.3, -0.25) is 0 Å². The molecule has 0 spiro atoms. The zero-order valence-electron chi connectivity index (χ0n) is 10.1. The molecule has 0 aliphatic carbocycles. The molecule has 0 aromatic rings. The number of rotatable bonds is 7. The highest BCUT2D eigenvalue weighted by atomic mass is 32.2. The molecule has 2 aliphatic rings. The van der Waals surface area contributed by atoms with Crippen molar-refractivity contribution in [3.05, 3.63) is 0 Å². The molecule has 1 saturated heterocycles. The zero-order valence-corrected chi connectivity index (χ0v) is 11.0. The van der Waals surface area contributed by atoms with Crippen molar-refractivity contribution in [3.8, 4) is 0 Å². The van der Waals surface area contributed by atoms with Crippen LogP contribution < -0.4 is 0 Å². The highest BCUT2D eigenvalue weighted by Crippen LogP contribution is 2.12. The van der Waals surface area contributed by atoms with E-state index in [1.54, 1.807) is 17.3 Å². The Balaban J connectivity index is 1.43. The molecule has 0 aromatic carbocycles. The van der Waals surface area contributed by atoms with Gasteiger partial charge < -0.3 is 9.47 Å². The Hall–Kier alpha value is -0.390. The first-order valence-corrected chi connectivity index (χ1v) is 7.38. The first kappa shape index (κ1) is 13.1. The Bertz CT molecular complexity index is 276. The van der Waals surface area contributed by atoms with Crippen molar-refractivity contribution in [3.63, 3.8) is 0 Å². The van der Waals surface area contributed by atoms with Gasteiger partial charge in [0.15, 0.2) is 0 Å². The molecule has 96 valence electrons. The molecule has 5 heteroatoms. The number of ether oxygens (including phenoxy) is 2. The van der Waals surface area contributed by atoms with Gasteiger partial charge in [-0.05, 0) is 32.1 Å². The van der Waals surface area contributed by atoms with Crippen LogP contribution in [0.2, 0.25) is 0 Å². The van der Waals surface area contributed by atoms with Crippen LogP contribution in [0.5, 0.6) is 0 Å². The summed E-state index contributed by atoms with van der Waals surface area (Å²) in [6.07, 6.45) is 5.98. The molecule has 4 nitrogen and oxygen atoms in total. The molecular weight excluding hydrogens is 236 g/mol. The summed E-state index contributed by atoms with van der Waals surface area (Å²) in [6.45, 7) is 2.51. The fourth-order valence-electron chi connectivity index (χ4n) is 1.95. The molecule has 0 N–H and O–H groups in total. The average Bonchev–Trinajstić information content (AvgIpc) is 2.88. The molecule has 0 saturated carbocycles. The second kappa shape index (κ2) is 7.84. The Morgan fingerprint density at radius 2 is 2.47 bits per heavy atom. The van der Waals surface area contributed by atoms with Crippen LogP contribution in [0.3, 0.4) is 0 Å². The van der Waals surface area contributed by atoms with Crippen LogP contribution in [0.25, 0.3) is 0 Å². The summed E-state index contributed by atoms with van der Waals surface area (Å²) in [6, 6.07) is 0. The van der Waals surface area contributed by atoms with E-state index in [4.69, 9.17) is 9.47 Å². The number of thioether (sulfide) groups is 1. The molecule has 0 bridgehead atoms. The van der Waals surface area contributed by atoms with Crippen LogP contribution in [0, 0.1) is 0 Å². The van der Waals surface area contributed by atoms with Gasteiger partial charge in [-0.15, -0.1) is 11.8 Å². The van der Waals surface area contributed by atoms with Gasteiger partial charge in [0.25, 0.3) is 0 Å². The maximum Gasteiger partial charge on any atom is 0.0828 e. The van der Waals surface area contributed by atoms with Gasteiger partial charge >= 0.3 is 0 Å². The van der Waals surface area contributed by atoms with Gasteiger partial charge in [0.1, 0.15) is 0 Å². The van der Waals surface area contributed by atoms with E-state index in [0.717, 1.165) is 51.3 Å². The predicted octanol–water partition coefficient (Wildman–Crippen LogP) is 2.48. The Kier molecular flexibility index (Phi) is 6.02. The lowest BCUT2D eigenvalue weighted by atomic mass is 10.2. The van der Waals surface area contributed by atoms with Crippen LogP contribution in [-0.4, -0.2) is 42.9 Å². The topological polar surface area (TPSA) is 43.2 Å². The highest BCUT2D eigenvalue weighted by Gasteiger charge is 2.14. The monoisotopic (exact) mass is 256 g/mol. The van der Waals surface area contributed by atoms with Crippen LogP contribution in [0.15, 0.2) is 10.2 Å².